The third-order valence-electron chi connectivity index (χ3n) is 3.12. The molecule has 4 N–H and O–H groups in total. The molecule has 9 heteroatoms. The lowest BCUT2D eigenvalue weighted by atomic mass is 9.99. The summed E-state index contributed by atoms with van der Waals surface area (Å²) in [6.45, 7) is 0.771. The Morgan fingerprint density at radius 2 is 2.37 bits per heavy atom. The standard InChI is InChI=1S/C10H14FN3O5/c1-10(4-15)7(17)6(11)8(19-10)14-3-2-5(16)12-9(14)13-18/h2-3,6-8,15,17-18H,4H2,1H3,(H,12,13,16)/t6-,7-,8+,10+/m0/s1. The molecule has 1 aromatic heterocycles. The van der Waals surface area contributed by atoms with Gasteiger partial charge in [-0.2, -0.15) is 4.98 Å². The van der Waals surface area contributed by atoms with E-state index in [0.29, 0.717) is 0 Å². The molecule has 2 heterocycles. The first kappa shape index (κ1) is 13.9. The molecule has 1 saturated heterocycles. The maximum atomic E-state index is 14.0. The summed E-state index contributed by atoms with van der Waals surface area (Å²) in [5.41, 5.74) is -0.450. The predicted octanol–water partition coefficient (Wildman–Crippen LogP) is -0.977. The fraction of sp³-hybridized carbons (Fsp3) is 0.600. The third kappa shape index (κ3) is 2.21. The summed E-state index contributed by atoms with van der Waals surface area (Å²) in [6.07, 6.45) is -3.56. The molecule has 0 radical (unpaired) electrons. The summed E-state index contributed by atoms with van der Waals surface area (Å²) in [5.74, 6) is -0.325. The molecule has 0 amide bonds. The summed E-state index contributed by atoms with van der Waals surface area (Å²) in [6, 6.07) is 1.05. The molecule has 8 nitrogen and oxygen atoms in total. The summed E-state index contributed by atoms with van der Waals surface area (Å²) in [4.78, 5) is 14.5. The first-order valence-corrected chi connectivity index (χ1v) is 5.53. The Morgan fingerprint density at radius 1 is 1.68 bits per heavy atom. The van der Waals surface area contributed by atoms with Gasteiger partial charge in [-0.3, -0.25) is 14.6 Å². The molecule has 1 fully saturated rings. The van der Waals surface area contributed by atoms with E-state index >= 15 is 0 Å². The smallest absolute Gasteiger partial charge is 0.274 e. The van der Waals surface area contributed by atoms with Crippen molar-refractivity contribution in [3.8, 4) is 0 Å². The highest BCUT2D eigenvalue weighted by Gasteiger charge is 2.53. The van der Waals surface area contributed by atoms with Crippen LogP contribution in [0.15, 0.2) is 17.1 Å². The van der Waals surface area contributed by atoms with Gasteiger partial charge in [0.1, 0.15) is 11.7 Å². The Hall–Kier alpha value is -1.55. The molecule has 0 aliphatic carbocycles. The van der Waals surface area contributed by atoms with Gasteiger partial charge in [-0.05, 0) is 6.92 Å². The van der Waals surface area contributed by atoms with Crippen LogP contribution in [0.1, 0.15) is 13.2 Å². The number of hydrogen-bond donors (Lipinski definition) is 4. The number of aromatic nitrogens is 2. The largest absolute Gasteiger partial charge is 0.393 e. The average Bonchev–Trinajstić information content (AvgIpc) is 2.64. The first-order chi connectivity index (χ1) is 8.92. The van der Waals surface area contributed by atoms with Crippen LogP contribution in [0, 0.1) is 0 Å². The van der Waals surface area contributed by atoms with Gasteiger partial charge in [0.25, 0.3) is 5.56 Å². The number of nitrogens with one attached hydrogen (secondary N) is 1. The normalized spacial score (nSPS) is 34.5. The van der Waals surface area contributed by atoms with E-state index in [2.05, 4.69) is 4.98 Å². The molecule has 106 valence electrons. The number of alkyl halides is 1. The Kier molecular flexibility index (Phi) is 3.54. The quantitative estimate of drug-likeness (QED) is 0.524. The van der Waals surface area contributed by atoms with Gasteiger partial charge in [0.2, 0.25) is 5.95 Å². The zero-order valence-electron chi connectivity index (χ0n) is 10.0. The minimum absolute atomic E-state index is 0.325. The number of hydrogen-bond acceptors (Lipinski definition) is 7. The van der Waals surface area contributed by atoms with Crippen LogP contribution in [-0.4, -0.2) is 49.5 Å². The van der Waals surface area contributed by atoms with Crippen molar-refractivity contribution in [2.45, 2.75) is 31.0 Å². The molecule has 1 aromatic rings. The highest BCUT2D eigenvalue weighted by molar-refractivity contribution is 5.22. The van der Waals surface area contributed by atoms with Crippen LogP contribution in [0.5, 0.6) is 0 Å². The number of aliphatic hydroxyl groups is 2. The number of halogens is 1. The molecule has 1 aliphatic rings. The van der Waals surface area contributed by atoms with Crippen molar-refractivity contribution in [3.05, 3.63) is 22.6 Å². The Morgan fingerprint density at radius 3 is 2.89 bits per heavy atom. The lowest BCUT2D eigenvalue weighted by Crippen LogP contribution is -2.42. The van der Waals surface area contributed by atoms with Crippen LogP contribution in [0.4, 0.5) is 10.3 Å². The second kappa shape index (κ2) is 4.85. The fourth-order valence-corrected chi connectivity index (χ4v) is 1.95. The van der Waals surface area contributed by atoms with Gasteiger partial charge in [0, 0.05) is 12.3 Å². The van der Waals surface area contributed by atoms with Gasteiger partial charge in [-0.1, -0.05) is 0 Å². The van der Waals surface area contributed by atoms with E-state index in [1.54, 1.807) is 5.48 Å². The lowest BCUT2D eigenvalue weighted by molar-refractivity contribution is -0.116. The Balaban J connectivity index is 2.41. The molecule has 2 rings (SSSR count). The molecule has 0 aromatic carbocycles. The SMILES string of the molecule is C[C@]1(CO)O[C@@H](n2ccc(=O)nc2NO)[C@@H](F)[C@@H]1O. The summed E-state index contributed by atoms with van der Waals surface area (Å²) >= 11 is 0. The van der Waals surface area contributed by atoms with Crippen LogP contribution in [-0.2, 0) is 4.74 Å². The van der Waals surface area contributed by atoms with Gasteiger partial charge < -0.3 is 14.9 Å². The molecular weight excluding hydrogens is 261 g/mol. The topological polar surface area (TPSA) is 117 Å². The van der Waals surface area contributed by atoms with E-state index in [1.807, 2.05) is 0 Å². The van der Waals surface area contributed by atoms with Gasteiger partial charge in [-0.25, -0.2) is 9.87 Å². The van der Waals surface area contributed by atoms with Gasteiger partial charge in [-0.15, -0.1) is 0 Å². The van der Waals surface area contributed by atoms with Crippen molar-refractivity contribution >= 4 is 5.95 Å². The fourth-order valence-electron chi connectivity index (χ4n) is 1.95. The van der Waals surface area contributed by atoms with Crippen molar-refractivity contribution in [3.63, 3.8) is 0 Å². The molecule has 4 atom stereocenters. The number of anilines is 1. The molecule has 0 bridgehead atoms. The first-order valence-electron chi connectivity index (χ1n) is 5.53. The second-order valence-corrected chi connectivity index (χ2v) is 4.48. The van der Waals surface area contributed by atoms with Gasteiger partial charge in [0.05, 0.1) is 6.61 Å². The second-order valence-electron chi connectivity index (χ2n) is 4.48. The zero-order chi connectivity index (χ0) is 14.2. The van der Waals surface area contributed by atoms with E-state index in [4.69, 9.17) is 15.1 Å². The van der Waals surface area contributed by atoms with E-state index in [0.717, 1.165) is 10.6 Å². The molecular formula is C10H14FN3O5. The summed E-state index contributed by atoms with van der Waals surface area (Å²) in [7, 11) is 0. The van der Waals surface area contributed by atoms with Crippen LogP contribution < -0.4 is 11.0 Å². The van der Waals surface area contributed by atoms with Crippen molar-refractivity contribution in [1.29, 1.82) is 0 Å². The van der Waals surface area contributed by atoms with E-state index in [1.165, 1.54) is 13.1 Å². The minimum atomic E-state index is -1.85. The predicted molar refractivity (Wildman–Crippen MR) is 60.4 cm³/mol. The van der Waals surface area contributed by atoms with E-state index < -0.39 is 36.3 Å². The maximum Gasteiger partial charge on any atom is 0.274 e. The van der Waals surface area contributed by atoms with Gasteiger partial charge >= 0.3 is 0 Å². The Bertz CT molecular complexity index is 524. The molecule has 19 heavy (non-hydrogen) atoms. The molecule has 0 spiro atoms. The van der Waals surface area contributed by atoms with Crippen molar-refractivity contribution in [1.82, 2.24) is 9.55 Å². The van der Waals surface area contributed by atoms with Crippen LogP contribution in [0.2, 0.25) is 0 Å². The lowest BCUT2D eigenvalue weighted by Gasteiger charge is -2.24. The van der Waals surface area contributed by atoms with Crippen molar-refractivity contribution in [2.24, 2.45) is 0 Å². The number of rotatable bonds is 3. The van der Waals surface area contributed by atoms with Crippen molar-refractivity contribution in [2.75, 3.05) is 12.1 Å². The maximum absolute atomic E-state index is 14.0. The third-order valence-corrected chi connectivity index (χ3v) is 3.12. The highest BCUT2D eigenvalue weighted by atomic mass is 19.1. The number of ether oxygens (including phenoxy) is 1. The van der Waals surface area contributed by atoms with Crippen LogP contribution in [0.25, 0.3) is 0 Å². The number of nitrogens with zero attached hydrogens (tertiary/aromatic N) is 2. The molecule has 0 saturated carbocycles. The van der Waals surface area contributed by atoms with E-state index in [-0.39, 0.29) is 5.95 Å². The monoisotopic (exact) mass is 275 g/mol. The zero-order valence-corrected chi connectivity index (χ0v) is 10.0. The van der Waals surface area contributed by atoms with Gasteiger partial charge in [0.15, 0.2) is 12.4 Å². The average molecular weight is 275 g/mol. The summed E-state index contributed by atoms with van der Waals surface area (Å²) in [5, 5.41) is 27.8. The molecule has 0 unspecified atom stereocenters. The minimum Gasteiger partial charge on any atom is -0.393 e. The number of aliphatic hydroxyl groups excluding tert-OH is 2. The summed E-state index contributed by atoms with van der Waals surface area (Å²) < 4.78 is 20.4. The Labute approximate surface area is 107 Å². The molecule has 1 aliphatic heterocycles. The van der Waals surface area contributed by atoms with E-state index in [9.17, 15) is 14.3 Å². The van der Waals surface area contributed by atoms with Crippen LogP contribution >= 0.6 is 0 Å². The highest BCUT2D eigenvalue weighted by Crippen LogP contribution is 2.39. The van der Waals surface area contributed by atoms with Crippen molar-refractivity contribution < 1.29 is 24.5 Å². The van der Waals surface area contributed by atoms with Crippen LogP contribution in [0.3, 0.4) is 0 Å².